The van der Waals surface area contributed by atoms with Crippen LogP contribution < -0.4 is 10.2 Å². The molecule has 0 atom stereocenters. The van der Waals surface area contributed by atoms with Gasteiger partial charge in [-0.15, -0.1) is 0 Å². The minimum Gasteiger partial charge on any atom is -0.489 e. The summed E-state index contributed by atoms with van der Waals surface area (Å²) in [6.07, 6.45) is 0. The van der Waals surface area contributed by atoms with Gasteiger partial charge in [0.25, 0.3) is 0 Å². The largest absolute Gasteiger partial charge is 0.494 e. The third kappa shape index (κ3) is 3.62. The molecule has 1 aromatic carbocycles. The summed E-state index contributed by atoms with van der Waals surface area (Å²) in [7, 11) is 3.38. The van der Waals surface area contributed by atoms with E-state index in [2.05, 4.69) is 0 Å². The SMILES string of the molecule is CN(C)CCOc1cc(B2OC(C)(C)C(C)(C)O2)ccc1F. The van der Waals surface area contributed by atoms with E-state index >= 15 is 0 Å². The second-order valence-electron chi connectivity index (χ2n) is 6.93. The first-order chi connectivity index (χ1) is 10.1. The molecule has 0 spiro atoms. The fourth-order valence-electron chi connectivity index (χ4n) is 2.09. The molecule has 1 heterocycles. The molecule has 1 saturated heterocycles. The minimum absolute atomic E-state index is 0.231. The average molecular weight is 309 g/mol. The first-order valence-electron chi connectivity index (χ1n) is 7.55. The number of halogens is 1. The van der Waals surface area contributed by atoms with E-state index in [9.17, 15) is 4.39 Å². The summed E-state index contributed by atoms with van der Waals surface area (Å²) in [6, 6.07) is 4.73. The molecule has 122 valence electrons. The van der Waals surface area contributed by atoms with Gasteiger partial charge in [0, 0.05) is 6.54 Å². The highest BCUT2D eigenvalue weighted by atomic mass is 19.1. The molecule has 0 N–H and O–H groups in total. The van der Waals surface area contributed by atoms with E-state index in [0.29, 0.717) is 6.61 Å². The van der Waals surface area contributed by atoms with E-state index in [-0.39, 0.29) is 11.6 Å². The molecule has 0 amide bonds. The zero-order chi connectivity index (χ0) is 16.5. The Morgan fingerprint density at radius 3 is 2.27 bits per heavy atom. The fraction of sp³-hybridized carbons (Fsp3) is 0.625. The Morgan fingerprint density at radius 2 is 1.73 bits per heavy atom. The maximum absolute atomic E-state index is 13.9. The highest BCUT2D eigenvalue weighted by Crippen LogP contribution is 2.36. The van der Waals surface area contributed by atoms with E-state index in [1.165, 1.54) is 6.07 Å². The van der Waals surface area contributed by atoms with Crippen LogP contribution >= 0.6 is 0 Å². The van der Waals surface area contributed by atoms with Crippen molar-refractivity contribution in [3.63, 3.8) is 0 Å². The van der Waals surface area contributed by atoms with Crippen molar-refractivity contribution in [3.8, 4) is 5.75 Å². The zero-order valence-electron chi connectivity index (χ0n) is 14.3. The van der Waals surface area contributed by atoms with Crippen LogP contribution in [0.1, 0.15) is 27.7 Å². The van der Waals surface area contributed by atoms with E-state index < -0.39 is 18.3 Å². The van der Waals surface area contributed by atoms with Crippen LogP contribution in [0, 0.1) is 5.82 Å². The van der Waals surface area contributed by atoms with Crippen LogP contribution in [0.3, 0.4) is 0 Å². The number of rotatable bonds is 5. The molecule has 2 rings (SSSR count). The number of likely N-dealkylation sites (N-methyl/N-ethyl adjacent to an activating group) is 1. The summed E-state index contributed by atoms with van der Waals surface area (Å²) >= 11 is 0. The standard InChI is InChI=1S/C16H25BFNO3/c1-15(2)16(3,4)22-17(21-15)12-7-8-13(18)14(11-12)20-10-9-19(5)6/h7-8,11H,9-10H2,1-6H3. The maximum Gasteiger partial charge on any atom is 0.494 e. The van der Waals surface area contributed by atoms with Gasteiger partial charge in [-0.2, -0.15) is 0 Å². The predicted octanol–water partition coefficient (Wildman–Crippen LogP) is 2.07. The molecule has 1 aliphatic heterocycles. The molecule has 4 nitrogen and oxygen atoms in total. The Labute approximate surface area is 132 Å². The van der Waals surface area contributed by atoms with Gasteiger partial charge < -0.3 is 18.9 Å². The Kier molecular flexibility index (Phi) is 4.85. The summed E-state index contributed by atoms with van der Waals surface area (Å²) in [5.74, 6) is -0.145. The third-order valence-electron chi connectivity index (χ3n) is 4.28. The van der Waals surface area contributed by atoms with Gasteiger partial charge in [-0.1, -0.05) is 6.07 Å². The Hall–Kier alpha value is -1.11. The van der Waals surface area contributed by atoms with Crippen LogP contribution in [0.25, 0.3) is 0 Å². The number of hydrogen-bond acceptors (Lipinski definition) is 4. The predicted molar refractivity (Wildman–Crippen MR) is 86.2 cm³/mol. The highest BCUT2D eigenvalue weighted by Gasteiger charge is 2.51. The van der Waals surface area contributed by atoms with E-state index in [1.807, 2.05) is 46.7 Å². The van der Waals surface area contributed by atoms with Crippen molar-refractivity contribution in [2.75, 3.05) is 27.2 Å². The highest BCUT2D eigenvalue weighted by molar-refractivity contribution is 6.62. The number of ether oxygens (including phenoxy) is 1. The van der Waals surface area contributed by atoms with Gasteiger partial charge in [0.15, 0.2) is 11.6 Å². The van der Waals surface area contributed by atoms with Crippen LogP contribution in [0.5, 0.6) is 5.75 Å². The van der Waals surface area contributed by atoms with Crippen molar-refractivity contribution in [1.82, 2.24) is 4.90 Å². The first kappa shape index (κ1) is 17.3. The maximum atomic E-state index is 13.9. The molecule has 0 bridgehead atoms. The lowest BCUT2D eigenvalue weighted by Crippen LogP contribution is -2.41. The number of hydrogen-bond donors (Lipinski definition) is 0. The summed E-state index contributed by atoms with van der Waals surface area (Å²) in [5.41, 5.74) is -0.0735. The van der Waals surface area contributed by atoms with Gasteiger partial charge in [0.2, 0.25) is 0 Å². The third-order valence-corrected chi connectivity index (χ3v) is 4.28. The van der Waals surface area contributed by atoms with Gasteiger partial charge in [0.05, 0.1) is 11.2 Å². The smallest absolute Gasteiger partial charge is 0.489 e. The van der Waals surface area contributed by atoms with Gasteiger partial charge in [-0.3, -0.25) is 0 Å². The normalized spacial score (nSPS) is 19.7. The summed E-state index contributed by atoms with van der Waals surface area (Å²) in [6.45, 7) is 9.11. The van der Waals surface area contributed by atoms with Crippen molar-refractivity contribution in [3.05, 3.63) is 24.0 Å². The summed E-state index contributed by atoms with van der Waals surface area (Å²) in [4.78, 5) is 1.98. The van der Waals surface area contributed by atoms with Crippen LogP contribution in [0.15, 0.2) is 18.2 Å². The molecule has 6 heteroatoms. The lowest BCUT2D eigenvalue weighted by molar-refractivity contribution is 0.00578. The molecule has 0 unspecified atom stereocenters. The zero-order valence-corrected chi connectivity index (χ0v) is 14.3. The van der Waals surface area contributed by atoms with E-state index in [1.54, 1.807) is 12.1 Å². The van der Waals surface area contributed by atoms with Crippen molar-refractivity contribution in [2.45, 2.75) is 38.9 Å². The average Bonchev–Trinajstić information content (AvgIpc) is 2.60. The first-order valence-corrected chi connectivity index (χ1v) is 7.55. The Morgan fingerprint density at radius 1 is 1.14 bits per heavy atom. The number of nitrogens with zero attached hydrogens (tertiary/aromatic N) is 1. The summed E-state index contributed by atoms with van der Waals surface area (Å²) < 4.78 is 31.3. The molecule has 0 saturated carbocycles. The van der Waals surface area contributed by atoms with Crippen LogP contribution in [-0.4, -0.2) is 50.5 Å². The van der Waals surface area contributed by atoms with E-state index in [4.69, 9.17) is 14.0 Å². The van der Waals surface area contributed by atoms with Crippen LogP contribution in [0.4, 0.5) is 4.39 Å². The molecule has 22 heavy (non-hydrogen) atoms. The van der Waals surface area contributed by atoms with Gasteiger partial charge in [-0.25, -0.2) is 4.39 Å². The van der Waals surface area contributed by atoms with Crippen LogP contribution in [-0.2, 0) is 9.31 Å². The van der Waals surface area contributed by atoms with Crippen LogP contribution in [0.2, 0.25) is 0 Å². The molecule has 1 aliphatic rings. The van der Waals surface area contributed by atoms with Crippen molar-refractivity contribution < 1.29 is 18.4 Å². The quantitative estimate of drug-likeness (QED) is 0.779. The van der Waals surface area contributed by atoms with E-state index in [0.717, 1.165) is 12.0 Å². The molecule has 0 aromatic heterocycles. The molecular weight excluding hydrogens is 284 g/mol. The van der Waals surface area contributed by atoms with Gasteiger partial charge >= 0.3 is 7.12 Å². The number of benzene rings is 1. The lowest BCUT2D eigenvalue weighted by atomic mass is 9.79. The second kappa shape index (κ2) is 6.18. The minimum atomic E-state index is -0.512. The van der Waals surface area contributed by atoms with Gasteiger partial charge in [0.1, 0.15) is 6.61 Å². The molecule has 0 radical (unpaired) electrons. The lowest BCUT2D eigenvalue weighted by Gasteiger charge is -2.32. The molecular formula is C16H25BFNO3. The fourth-order valence-corrected chi connectivity index (χ4v) is 2.09. The van der Waals surface area contributed by atoms with Gasteiger partial charge in [-0.05, 0) is 59.4 Å². The molecule has 0 aliphatic carbocycles. The monoisotopic (exact) mass is 309 g/mol. The molecule has 1 fully saturated rings. The van der Waals surface area contributed by atoms with Crippen molar-refractivity contribution in [2.24, 2.45) is 0 Å². The van der Waals surface area contributed by atoms with Crippen molar-refractivity contribution in [1.29, 1.82) is 0 Å². The molecule has 1 aromatic rings. The summed E-state index contributed by atoms with van der Waals surface area (Å²) in [5, 5.41) is 0. The topological polar surface area (TPSA) is 30.9 Å². The Balaban J connectivity index is 2.13. The van der Waals surface area contributed by atoms with Crippen molar-refractivity contribution >= 4 is 12.6 Å². The Bertz CT molecular complexity index is 518. The second-order valence-corrected chi connectivity index (χ2v) is 6.93.